The first-order valence-corrected chi connectivity index (χ1v) is 7.50. The Balaban J connectivity index is 1.86. The summed E-state index contributed by atoms with van der Waals surface area (Å²) >= 11 is 3.16. The molecule has 1 unspecified atom stereocenters. The summed E-state index contributed by atoms with van der Waals surface area (Å²) in [7, 11) is 0. The van der Waals surface area contributed by atoms with Crippen LogP contribution in [0.5, 0.6) is 0 Å². The lowest BCUT2D eigenvalue weighted by Gasteiger charge is -2.03. The number of aromatic nitrogens is 1. The largest absolute Gasteiger partial charge is 0.481 e. The van der Waals surface area contributed by atoms with Gasteiger partial charge < -0.3 is 9.63 Å². The van der Waals surface area contributed by atoms with Crippen LogP contribution in [0, 0.1) is 5.92 Å². The van der Waals surface area contributed by atoms with E-state index in [4.69, 9.17) is 9.63 Å². The topological polar surface area (TPSA) is 63.3 Å². The van der Waals surface area contributed by atoms with E-state index in [2.05, 4.69) is 5.16 Å². The molecule has 1 atom stereocenters. The molecule has 0 aliphatic carbocycles. The predicted molar refractivity (Wildman–Crippen MR) is 72.8 cm³/mol. The highest BCUT2D eigenvalue weighted by Gasteiger charge is 2.12. The molecule has 96 valence electrons. The van der Waals surface area contributed by atoms with Gasteiger partial charge >= 0.3 is 5.97 Å². The van der Waals surface area contributed by atoms with Crippen molar-refractivity contribution in [1.29, 1.82) is 0 Å². The number of hydrogen-bond acceptors (Lipinski definition) is 5. The van der Waals surface area contributed by atoms with Crippen molar-refractivity contribution < 1.29 is 14.4 Å². The van der Waals surface area contributed by atoms with Crippen molar-refractivity contribution in [2.24, 2.45) is 5.92 Å². The van der Waals surface area contributed by atoms with Crippen LogP contribution in [0.3, 0.4) is 0 Å². The molecule has 2 heterocycles. The van der Waals surface area contributed by atoms with Crippen molar-refractivity contribution in [3.05, 3.63) is 29.3 Å². The lowest BCUT2D eigenvalue weighted by molar-refractivity contribution is -0.140. The Kier molecular flexibility index (Phi) is 4.43. The minimum atomic E-state index is -0.762. The van der Waals surface area contributed by atoms with E-state index in [1.54, 1.807) is 30.0 Å². The van der Waals surface area contributed by atoms with Gasteiger partial charge in [0, 0.05) is 17.6 Å². The van der Waals surface area contributed by atoms with E-state index < -0.39 is 5.97 Å². The fourth-order valence-electron chi connectivity index (χ4n) is 1.33. The van der Waals surface area contributed by atoms with Gasteiger partial charge in [-0.1, -0.05) is 18.1 Å². The average molecular weight is 283 g/mol. The highest BCUT2D eigenvalue weighted by Crippen LogP contribution is 2.26. The molecular formula is C12H13NO3S2. The van der Waals surface area contributed by atoms with Crippen LogP contribution in [0.2, 0.25) is 0 Å². The monoisotopic (exact) mass is 283 g/mol. The molecular weight excluding hydrogens is 270 g/mol. The molecule has 0 spiro atoms. The van der Waals surface area contributed by atoms with Crippen molar-refractivity contribution >= 4 is 29.1 Å². The molecule has 1 N–H and O–H groups in total. The Morgan fingerprint density at radius 1 is 1.67 bits per heavy atom. The first kappa shape index (κ1) is 13.2. The second-order valence-corrected chi connectivity index (χ2v) is 5.89. The smallest absolute Gasteiger partial charge is 0.307 e. The van der Waals surface area contributed by atoms with E-state index in [-0.39, 0.29) is 5.92 Å². The first-order chi connectivity index (χ1) is 8.66. The van der Waals surface area contributed by atoms with Crippen LogP contribution < -0.4 is 0 Å². The fraction of sp³-hybridized carbons (Fsp3) is 0.333. The SMILES string of the molecule is CC(CSCc1cc(-c2cccs2)on1)C(=O)O. The van der Waals surface area contributed by atoms with Gasteiger partial charge in [0.15, 0.2) is 5.76 Å². The van der Waals surface area contributed by atoms with Gasteiger partial charge in [0.2, 0.25) is 0 Å². The standard InChI is InChI=1S/C12H13NO3S2/c1-8(12(14)15)6-17-7-9-5-10(16-13-9)11-3-2-4-18-11/h2-5,8H,6-7H2,1H3,(H,14,15). The van der Waals surface area contributed by atoms with Crippen molar-refractivity contribution in [2.45, 2.75) is 12.7 Å². The zero-order valence-electron chi connectivity index (χ0n) is 9.83. The predicted octanol–water partition coefficient (Wildman–Crippen LogP) is 3.36. The number of thiophene rings is 1. The van der Waals surface area contributed by atoms with E-state index in [0.717, 1.165) is 16.3 Å². The lowest BCUT2D eigenvalue weighted by Crippen LogP contribution is -2.11. The summed E-state index contributed by atoms with van der Waals surface area (Å²) < 4.78 is 5.24. The molecule has 0 aliphatic rings. The van der Waals surface area contributed by atoms with Crippen molar-refractivity contribution in [1.82, 2.24) is 5.16 Å². The van der Waals surface area contributed by atoms with Crippen LogP contribution in [-0.2, 0) is 10.5 Å². The zero-order valence-corrected chi connectivity index (χ0v) is 11.5. The van der Waals surface area contributed by atoms with E-state index in [1.165, 1.54) is 0 Å². The third-order valence-corrected chi connectivity index (χ3v) is 4.48. The Hall–Kier alpha value is -1.27. The van der Waals surface area contributed by atoms with E-state index in [0.29, 0.717) is 11.5 Å². The van der Waals surface area contributed by atoms with Gasteiger partial charge in [0.25, 0.3) is 0 Å². The van der Waals surface area contributed by atoms with E-state index in [9.17, 15) is 4.79 Å². The van der Waals surface area contributed by atoms with E-state index in [1.807, 2.05) is 23.6 Å². The molecule has 2 rings (SSSR count). The maximum atomic E-state index is 10.7. The Morgan fingerprint density at radius 3 is 3.17 bits per heavy atom. The normalized spacial score (nSPS) is 12.5. The van der Waals surface area contributed by atoms with Gasteiger partial charge in [-0.25, -0.2) is 0 Å². The fourth-order valence-corrected chi connectivity index (χ4v) is 2.96. The Bertz CT molecular complexity index is 507. The highest BCUT2D eigenvalue weighted by molar-refractivity contribution is 7.98. The number of carboxylic acids is 1. The summed E-state index contributed by atoms with van der Waals surface area (Å²) in [6.07, 6.45) is 0. The molecule has 0 saturated heterocycles. The number of thioether (sulfide) groups is 1. The summed E-state index contributed by atoms with van der Waals surface area (Å²) in [5.74, 6) is 0.927. The van der Waals surface area contributed by atoms with Crippen LogP contribution in [0.4, 0.5) is 0 Å². The van der Waals surface area contributed by atoms with Crippen LogP contribution in [0.25, 0.3) is 10.6 Å². The van der Waals surface area contributed by atoms with Gasteiger partial charge in [-0.3, -0.25) is 4.79 Å². The maximum absolute atomic E-state index is 10.7. The molecule has 0 amide bonds. The number of hydrogen-bond donors (Lipinski definition) is 1. The van der Waals surface area contributed by atoms with E-state index >= 15 is 0 Å². The van der Waals surface area contributed by atoms with Crippen LogP contribution in [-0.4, -0.2) is 22.0 Å². The van der Waals surface area contributed by atoms with Crippen LogP contribution in [0.1, 0.15) is 12.6 Å². The zero-order chi connectivity index (χ0) is 13.0. The van der Waals surface area contributed by atoms with Gasteiger partial charge in [0.05, 0.1) is 16.5 Å². The minimum absolute atomic E-state index is 0.335. The number of carboxylic acid groups (broad SMARTS) is 1. The molecule has 0 saturated carbocycles. The van der Waals surface area contributed by atoms with Crippen LogP contribution >= 0.6 is 23.1 Å². The average Bonchev–Trinajstić information content (AvgIpc) is 2.98. The molecule has 0 aliphatic heterocycles. The second kappa shape index (κ2) is 6.06. The summed E-state index contributed by atoms with van der Waals surface area (Å²) in [4.78, 5) is 11.7. The molecule has 6 heteroatoms. The second-order valence-electron chi connectivity index (χ2n) is 3.91. The first-order valence-electron chi connectivity index (χ1n) is 5.47. The van der Waals surface area contributed by atoms with Crippen molar-refractivity contribution in [3.8, 4) is 10.6 Å². The van der Waals surface area contributed by atoms with Gasteiger partial charge in [-0.15, -0.1) is 11.3 Å². The maximum Gasteiger partial charge on any atom is 0.307 e. The van der Waals surface area contributed by atoms with Crippen LogP contribution in [0.15, 0.2) is 28.1 Å². The van der Waals surface area contributed by atoms with Gasteiger partial charge in [-0.05, 0) is 11.4 Å². The quantitative estimate of drug-likeness (QED) is 0.880. The molecule has 0 fully saturated rings. The third-order valence-electron chi connectivity index (χ3n) is 2.36. The molecule has 0 radical (unpaired) electrons. The third kappa shape index (κ3) is 3.36. The summed E-state index contributed by atoms with van der Waals surface area (Å²) in [6, 6.07) is 5.85. The minimum Gasteiger partial charge on any atom is -0.481 e. The Morgan fingerprint density at radius 2 is 2.50 bits per heavy atom. The molecule has 0 aromatic carbocycles. The molecule has 2 aromatic rings. The molecule has 2 aromatic heterocycles. The number of nitrogens with zero attached hydrogens (tertiary/aromatic N) is 1. The lowest BCUT2D eigenvalue weighted by atomic mass is 10.2. The summed E-state index contributed by atoms with van der Waals surface area (Å²) in [5.41, 5.74) is 0.848. The molecule has 18 heavy (non-hydrogen) atoms. The highest BCUT2D eigenvalue weighted by atomic mass is 32.2. The summed E-state index contributed by atoms with van der Waals surface area (Å²) in [5, 5.41) is 14.7. The van der Waals surface area contributed by atoms with Crippen molar-refractivity contribution in [3.63, 3.8) is 0 Å². The summed E-state index contributed by atoms with van der Waals surface area (Å²) in [6.45, 7) is 1.70. The number of aliphatic carboxylic acids is 1. The Labute approximate surface area is 113 Å². The molecule has 0 bridgehead atoms. The number of rotatable bonds is 6. The number of carbonyl (C=O) groups is 1. The van der Waals surface area contributed by atoms with Gasteiger partial charge in [0.1, 0.15) is 0 Å². The van der Waals surface area contributed by atoms with Gasteiger partial charge in [-0.2, -0.15) is 11.8 Å². The van der Waals surface area contributed by atoms with Crippen molar-refractivity contribution in [2.75, 3.05) is 5.75 Å². The molecule has 4 nitrogen and oxygen atoms in total.